The lowest BCUT2D eigenvalue weighted by molar-refractivity contribution is -0.129. The Labute approximate surface area is 123 Å². The number of amides is 1. The fourth-order valence-corrected chi connectivity index (χ4v) is 3.32. The van der Waals surface area contributed by atoms with Crippen LogP contribution in [0.5, 0.6) is 0 Å². The van der Waals surface area contributed by atoms with E-state index >= 15 is 0 Å². The number of carbonyl (C=O) groups excluding carboxylic acids is 1. The number of hydrogen-bond acceptors (Lipinski definition) is 3. The van der Waals surface area contributed by atoms with Crippen LogP contribution in [0.15, 0.2) is 0 Å². The summed E-state index contributed by atoms with van der Waals surface area (Å²) in [5.41, 5.74) is 0. The fraction of sp³-hybridized carbons (Fsp3) is 0.938. The zero-order valence-corrected chi connectivity index (χ0v) is 12.8. The van der Waals surface area contributed by atoms with Gasteiger partial charge in [-0.3, -0.25) is 4.79 Å². The van der Waals surface area contributed by atoms with Gasteiger partial charge >= 0.3 is 0 Å². The molecule has 0 unspecified atom stereocenters. The Morgan fingerprint density at radius 3 is 2.40 bits per heavy atom. The second-order valence-corrected chi connectivity index (χ2v) is 6.29. The molecule has 0 bridgehead atoms. The van der Waals surface area contributed by atoms with Crippen molar-refractivity contribution < 1.29 is 9.53 Å². The molecule has 2 rings (SSSR count). The molecule has 2 fully saturated rings. The van der Waals surface area contributed by atoms with E-state index in [0.29, 0.717) is 12.1 Å². The summed E-state index contributed by atoms with van der Waals surface area (Å²) in [5.74, 6) is 0.0723. The summed E-state index contributed by atoms with van der Waals surface area (Å²) in [6.45, 7) is 3.55. The van der Waals surface area contributed by atoms with Crippen LogP contribution in [0.25, 0.3) is 0 Å². The minimum atomic E-state index is 0.0723. The number of rotatable bonds is 7. The van der Waals surface area contributed by atoms with Crippen LogP contribution in [0.4, 0.5) is 0 Å². The van der Waals surface area contributed by atoms with Crippen molar-refractivity contribution in [2.75, 3.05) is 13.2 Å². The van der Waals surface area contributed by atoms with E-state index in [-0.39, 0.29) is 18.6 Å². The smallest absolute Gasteiger partial charge is 0.246 e. The Morgan fingerprint density at radius 2 is 1.75 bits per heavy atom. The highest BCUT2D eigenvalue weighted by molar-refractivity contribution is 5.77. The molecule has 0 saturated heterocycles. The maximum absolute atomic E-state index is 11.8. The Hall–Kier alpha value is -0.610. The summed E-state index contributed by atoms with van der Waals surface area (Å²) >= 11 is 0. The zero-order chi connectivity index (χ0) is 14.2. The van der Waals surface area contributed by atoms with Crippen molar-refractivity contribution in [2.45, 2.75) is 82.9 Å². The lowest BCUT2D eigenvalue weighted by Crippen LogP contribution is -2.39. The number of carbonyl (C=O) groups is 1. The van der Waals surface area contributed by atoms with E-state index in [1.165, 1.54) is 32.1 Å². The molecular weight excluding hydrogens is 252 g/mol. The number of hydrogen-bond donors (Lipinski definition) is 2. The molecule has 20 heavy (non-hydrogen) atoms. The minimum absolute atomic E-state index is 0.0723. The molecule has 0 aromatic carbocycles. The van der Waals surface area contributed by atoms with E-state index in [1.807, 2.05) is 0 Å². The van der Waals surface area contributed by atoms with E-state index in [2.05, 4.69) is 17.6 Å². The van der Waals surface area contributed by atoms with Crippen molar-refractivity contribution in [2.24, 2.45) is 0 Å². The van der Waals surface area contributed by atoms with Gasteiger partial charge in [0.15, 0.2) is 0 Å². The summed E-state index contributed by atoms with van der Waals surface area (Å²) in [6, 6.07) is 1.06. The molecule has 0 atom stereocenters. The van der Waals surface area contributed by atoms with Crippen LogP contribution in [-0.2, 0) is 9.53 Å². The van der Waals surface area contributed by atoms with Gasteiger partial charge in [0.25, 0.3) is 0 Å². The molecule has 0 aliphatic heterocycles. The van der Waals surface area contributed by atoms with Gasteiger partial charge in [-0.15, -0.1) is 0 Å². The first-order valence-electron chi connectivity index (χ1n) is 8.42. The van der Waals surface area contributed by atoms with Gasteiger partial charge in [-0.2, -0.15) is 0 Å². The second kappa shape index (κ2) is 8.63. The van der Waals surface area contributed by atoms with Gasteiger partial charge in [-0.25, -0.2) is 0 Å². The van der Waals surface area contributed by atoms with Crippen LogP contribution in [0, 0.1) is 0 Å². The van der Waals surface area contributed by atoms with Gasteiger partial charge in [0.2, 0.25) is 5.91 Å². The molecule has 2 N–H and O–H groups in total. The first-order valence-corrected chi connectivity index (χ1v) is 8.42. The van der Waals surface area contributed by atoms with Gasteiger partial charge in [-0.1, -0.05) is 19.8 Å². The molecule has 4 heteroatoms. The number of nitrogens with one attached hydrogen (secondary N) is 2. The van der Waals surface area contributed by atoms with Crippen LogP contribution in [0.2, 0.25) is 0 Å². The predicted octanol–water partition coefficient (Wildman–Crippen LogP) is 2.37. The van der Waals surface area contributed by atoms with E-state index in [9.17, 15) is 4.79 Å². The molecule has 0 heterocycles. The standard InChI is InChI=1S/C16H30N2O2/c1-2-11-17-13-7-9-15(10-8-13)20-12-16(19)18-14-5-3-4-6-14/h13-15,17H,2-12H2,1H3,(H,18,19). The SMILES string of the molecule is CCCNC1CCC(OCC(=O)NC2CCCC2)CC1. The van der Waals surface area contributed by atoms with E-state index in [0.717, 1.165) is 32.2 Å². The molecule has 2 aliphatic carbocycles. The molecule has 0 radical (unpaired) electrons. The van der Waals surface area contributed by atoms with Gasteiger partial charge in [0.05, 0.1) is 6.10 Å². The predicted molar refractivity (Wildman–Crippen MR) is 80.7 cm³/mol. The molecule has 2 saturated carbocycles. The highest BCUT2D eigenvalue weighted by atomic mass is 16.5. The normalized spacial score (nSPS) is 27.6. The van der Waals surface area contributed by atoms with Crippen LogP contribution in [0.1, 0.15) is 64.7 Å². The van der Waals surface area contributed by atoms with Crippen LogP contribution < -0.4 is 10.6 Å². The molecule has 0 aromatic heterocycles. The number of ether oxygens (including phenoxy) is 1. The maximum atomic E-state index is 11.8. The quantitative estimate of drug-likeness (QED) is 0.754. The van der Waals surface area contributed by atoms with Crippen LogP contribution in [-0.4, -0.2) is 37.2 Å². The average Bonchev–Trinajstić information content (AvgIpc) is 2.97. The van der Waals surface area contributed by atoms with Crippen molar-refractivity contribution in [3.8, 4) is 0 Å². The summed E-state index contributed by atoms with van der Waals surface area (Å²) < 4.78 is 5.77. The fourth-order valence-electron chi connectivity index (χ4n) is 3.32. The van der Waals surface area contributed by atoms with Crippen molar-refractivity contribution in [1.29, 1.82) is 0 Å². The third kappa shape index (κ3) is 5.41. The molecule has 4 nitrogen and oxygen atoms in total. The lowest BCUT2D eigenvalue weighted by atomic mass is 9.93. The lowest BCUT2D eigenvalue weighted by Gasteiger charge is -2.29. The Morgan fingerprint density at radius 1 is 1.05 bits per heavy atom. The molecule has 116 valence electrons. The molecule has 2 aliphatic rings. The van der Waals surface area contributed by atoms with Crippen molar-refractivity contribution in [1.82, 2.24) is 10.6 Å². The molecule has 0 spiro atoms. The summed E-state index contributed by atoms with van der Waals surface area (Å²) in [5, 5.41) is 6.65. The summed E-state index contributed by atoms with van der Waals surface area (Å²) in [4.78, 5) is 11.8. The minimum Gasteiger partial charge on any atom is -0.368 e. The van der Waals surface area contributed by atoms with Gasteiger partial charge in [0.1, 0.15) is 6.61 Å². The Bertz CT molecular complexity index is 282. The first-order chi connectivity index (χ1) is 9.78. The van der Waals surface area contributed by atoms with Crippen molar-refractivity contribution in [3.63, 3.8) is 0 Å². The van der Waals surface area contributed by atoms with Crippen LogP contribution >= 0.6 is 0 Å². The monoisotopic (exact) mass is 282 g/mol. The summed E-state index contributed by atoms with van der Waals surface area (Å²) in [6.07, 6.45) is 10.8. The third-order valence-corrected chi connectivity index (χ3v) is 4.53. The van der Waals surface area contributed by atoms with Gasteiger partial charge in [-0.05, 0) is 51.5 Å². The molecule has 1 amide bonds. The van der Waals surface area contributed by atoms with Crippen molar-refractivity contribution in [3.05, 3.63) is 0 Å². The molecule has 0 aromatic rings. The van der Waals surface area contributed by atoms with Gasteiger partial charge < -0.3 is 15.4 Å². The first kappa shape index (κ1) is 15.8. The van der Waals surface area contributed by atoms with E-state index in [1.54, 1.807) is 0 Å². The Balaban J connectivity index is 1.55. The van der Waals surface area contributed by atoms with E-state index in [4.69, 9.17) is 4.74 Å². The third-order valence-electron chi connectivity index (χ3n) is 4.53. The maximum Gasteiger partial charge on any atom is 0.246 e. The Kier molecular flexibility index (Phi) is 6.80. The van der Waals surface area contributed by atoms with Crippen molar-refractivity contribution >= 4 is 5.91 Å². The second-order valence-electron chi connectivity index (χ2n) is 6.29. The largest absolute Gasteiger partial charge is 0.368 e. The molecular formula is C16H30N2O2. The van der Waals surface area contributed by atoms with Crippen LogP contribution in [0.3, 0.4) is 0 Å². The highest BCUT2D eigenvalue weighted by Gasteiger charge is 2.22. The summed E-state index contributed by atoms with van der Waals surface area (Å²) in [7, 11) is 0. The zero-order valence-electron chi connectivity index (χ0n) is 12.8. The van der Waals surface area contributed by atoms with E-state index < -0.39 is 0 Å². The average molecular weight is 282 g/mol. The van der Waals surface area contributed by atoms with Gasteiger partial charge in [0, 0.05) is 12.1 Å². The topological polar surface area (TPSA) is 50.4 Å². The highest BCUT2D eigenvalue weighted by Crippen LogP contribution is 2.21.